The average molecular weight is 444 g/mol. The predicted octanol–water partition coefficient (Wildman–Crippen LogP) is 7.35. The molecule has 0 saturated heterocycles. The second-order valence-electron chi connectivity index (χ2n) is 7.90. The minimum Gasteiger partial charge on any atom is -0.435 e. The first-order valence-corrected chi connectivity index (χ1v) is 10.8. The highest BCUT2D eigenvalue weighted by Crippen LogP contribution is 2.25. The molecule has 1 N–H and O–H groups in total. The minimum atomic E-state index is -2.97. The molecule has 2 aromatic carbocycles. The highest BCUT2D eigenvalue weighted by Gasteiger charge is 2.12. The van der Waals surface area contributed by atoms with Crippen molar-refractivity contribution >= 4 is 5.57 Å². The van der Waals surface area contributed by atoms with E-state index in [1.165, 1.54) is 17.7 Å². The van der Waals surface area contributed by atoms with Gasteiger partial charge in [0.15, 0.2) is 0 Å². The van der Waals surface area contributed by atoms with E-state index in [4.69, 9.17) is 4.74 Å². The first kappa shape index (κ1) is 25.5. The smallest absolute Gasteiger partial charge is 0.387 e. The van der Waals surface area contributed by atoms with E-state index in [1.54, 1.807) is 26.0 Å². The maximum atomic E-state index is 13.9. The van der Waals surface area contributed by atoms with E-state index >= 15 is 0 Å². The molecular weight excluding hydrogens is 411 g/mol. The number of rotatable bonds is 10. The maximum Gasteiger partial charge on any atom is 0.387 e. The van der Waals surface area contributed by atoms with Crippen LogP contribution in [0.25, 0.3) is 5.57 Å². The molecule has 0 aliphatic rings. The van der Waals surface area contributed by atoms with E-state index in [9.17, 15) is 13.2 Å². The molecule has 0 bridgehead atoms. The molecule has 0 atom stereocenters. The van der Waals surface area contributed by atoms with Crippen molar-refractivity contribution in [3.8, 4) is 0 Å². The van der Waals surface area contributed by atoms with Crippen LogP contribution < -0.4 is 5.32 Å². The molecule has 5 heteroatoms. The van der Waals surface area contributed by atoms with Crippen molar-refractivity contribution in [3.05, 3.63) is 99.6 Å². The van der Waals surface area contributed by atoms with Crippen LogP contribution in [0.5, 0.6) is 0 Å². The largest absolute Gasteiger partial charge is 0.435 e. The van der Waals surface area contributed by atoms with E-state index in [0.717, 1.165) is 29.7 Å². The van der Waals surface area contributed by atoms with Crippen molar-refractivity contribution in [2.24, 2.45) is 0 Å². The van der Waals surface area contributed by atoms with Gasteiger partial charge in [0.1, 0.15) is 11.6 Å². The van der Waals surface area contributed by atoms with Gasteiger partial charge in [-0.15, -0.1) is 0 Å². The summed E-state index contributed by atoms with van der Waals surface area (Å²) in [5.74, 6) is -0.389. The second kappa shape index (κ2) is 12.3. The molecular formula is C27H32F3NO. The third kappa shape index (κ3) is 7.72. The Kier molecular flexibility index (Phi) is 9.79. The molecule has 0 aliphatic carbocycles. The standard InChI is InChI=1S/C27H32F3NO/c1-6-19(3)23(15-21-7-9-22(10-8-21)17-31-5)11-12-26(32-27(29)30)20(4)24-13-18(2)14-25(28)16-24/h7-14,16,27,31H,6,15,17H2,1-5H3/b12-11-,23-19-,26-20-. The highest BCUT2D eigenvalue weighted by atomic mass is 19.3. The fourth-order valence-electron chi connectivity index (χ4n) is 3.40. The number of benzene rings is 2. The summed E-state index contributed by atoms with van der Waals surface area (Å²) < 4.78 is 44.9. The fourth-order valence-corrected chi connectivity index (χ4v) is 3.40. The monoisotopic (exact) mass is 443 g/mol. The molecule has 2 aromatic rings. The second-order valence-corrected chi connectivity index (χ2v) is 7.90. The molecule has 172 valence electrons. The summed E-state index contributed by atoms with van der Waals surface area (Å²) in [5.41, 5.74) is 6.21. The summed E-state index contributed by atoms with van der Waals surface area (Å²) in [5, 5.41) is 3.13. The van der Waals surface area contributed by atoms with Gasteiger partial charge in [0.05, 0.1) is 0 Å². The van der Waals surface area contributed by atoms with E-state index in [2.05, 4.69) is 36.5 Å². The molecule has 0 spiro atoms. The number of nitrogens with one attached hydrogen (secondary N) is 1. The molecule has 0 unspecified atom stereocenters. The van der Waals surface area contributed by atoms with Gasteiger partial charge in [-0.05, 0) is 92.3 Å². The zero-order valence-electron chi connectivity index (χ0n) is 19.4. The summed E-state index contributed by atoms with van der Waals surface area (Å²) in [4.78, 5) is 0. The zero-order chi connectivity index (χ0) is 23.7. The van der Waals surface area contributed by atoms with Gasteiger partial charge in [-0.3, -0.25) is 0 Å². The van der Waals surface area contributed by atoms with Crippen molar-refractivity contribution in [2.45, 2.75) is 53.7 Å². The predicted molar refractivity (Wildman–Crippen MR) is 126 cm³/mol. The number of allylic oxidation sites excluding steroid dienone is 5. The van der Waals surface area contributed by atoms with Crippen LogP contribution in [0.4, 0.5) is 13.2 Å². The van der Waals surface area contributed by atoms with E-state index < -0.39 is 12.4 Å². The molecule has 32 heavy (non-hydrogen) atoms. The van der Waals surface area contributed by atoms with Gasteiger partial charge in [-0.1, -0.05) is 48.9 Å². The summed E-state index contributed by atoms with van der Waals surface area (Å²) in [7, 11) is 1.91. The Morgan fingerprint density at radius 2 is 1.69 bits per heavy atom. The van der Waals surface area contributed by atoms with E-state index in [0.29, 0.717) is 23.1 Å². The van der Waals surface area contributed by atoms with Crippen LogP contribution in [0.2, 0.25) is 0 Å². The molecule has 2 nitrogen and oxygen atoms in total. The Bertz CT molecular complexity index is 968. The first-order chi connectivity index (χ1) is 15.2. The Hall–Kier alpha value is -2.79. The number of halogens is 3. The van der Waals surface area contributed by atoms with Crippen LogP contribution in [0.3, 0.4) is 0 Å². The average Bonchev–Trinajstić information content (AvgIpc) is 2.75. The van der Waals surface area contributed by atoms with E-state index in [-0.39, 0.29) is 5.76 Å². The molecule has 0 amide bonds. The Balaban J connectivity index is 2.39. The molecule has 0 aliphatic heterocycles. The van der Waals surface area contributed by atoms with Crippen molar-refractivity contribution in [2.75, 3.05) is 7.05 Å². The van der Waals surface area contributed by atoms with Crippen LogP contribution in [-0.2, 0) is 17.7 Å². The number of hydrogen-bond donors (Lipinski definition) is 1. The number of ether oxygens (including phenoxy) is 1. The lowest BCUT2D eigenvalue weighted by Crippen LogP contribution is -2.04. The first-order valence-electron chi connectivity index (χ1n) is 10.8. The van der Waals surface area contributed by atoms with Crippen LogP contribution in [0.15, 0.2) is 71.5 Å². The molecule has 2 rings (SSSR count). The van der Waals surface area contributed by atoms with Crippen LogP contribution in [0.1, 0.15) is 49.4 Å². The molecule has 0 radical (unpaired) electrons. The lowest BCUT2D eigenvalue weighted by atomic mass is 9.97. The summed E-state index contributed by atoms with van der Waals surface area (Å²) >= 11 is 0. The third-order valence-corrected chi connectivity index (χ3v) is 5.37. The Morgan fingerprint density at radius 3 is 2.25 bits per heavy atom. The number of hydrogen-bond acceptors (Lipinski definition) is 2. The summed E-state index contributed by atoms with van der Waals surface area (Å²) in [6.07, 6.45) is 4.91. The highest BCUT2D eigenvalue weighted by molar-refractivity contribution is 5.68. The van der Waals surface area contributed by atoms with Gasteiger partial charge in [0.2, 0.25) is 0 Å². The van der Waals surface area contributed by atoms with Gasteiger partial charge >= 0.3 is 6.61 Å². The molecule has 0 aromatic heterocycles. The topological polar surface area (TPSA) is 21.3 Å². The number of aryl methyl sites for hydroxylation is 1. The Morgan fingerprint density at radius 1 is 1.03 bits per heavy atom. The Labute approximate surface area is 189 Å². The molecule has 0 fully saturated rings. The summed E-state index contributed by atoms with van der Waals surface area (Å²) in [6.45, 7) is 5.35. The third-order valence-electron chi connectivity index (χ3n) is 5.37. The van der Waals surface area contributed by atoms with Crippen molar-refractivity contribution in [1.82, 2.24) is 5.32 Å². The van der Waals surface area contributed by atoms with Gasteiger partial charge in [-0.25, -0.2) is 4.39 Å². The van der Waals surface area contributed by atoms with Gasteiger partial charge in [-0.2, -0.15) is 8.78 Å². The minimum absolute atomic E-state index is 0.0239. The SMILES string of the molecule is CC/C(C)=C(/C=C\C(OC(F)F)=C(/C)c1cc(C)cc(F)c1)Cc1ccc(CNC)cc1. The zero-order valence-corrected chi connectivity index (χ0v) is 19.4. The van der Waals surface area contributed by atoms with Crippen LogP contribution in [-0.4, -0.2) is 13.7 Å². The van der Waals surface area contributed by atoms with Crippen molar-refractivity contribution in [3.63, 3.8) is 0 Å². The lowest BCUT2D eigenvalue weighted by Gasteiger charge is -2.13. The van der Waals surface area contributed by atoms with Gasteiger partial charge in [0.25, 0.3) is 0 Å². The fraction of sp³-hybridized carbons (Fsp3) is 0.333. The van der Waals surface area contributed by atoms with Crippen molar-refractivity contribution < 1.29 is 17.9 Å². The number of alkyl halides is 2. The lowest BCUT2D eigenvalue weighted by molar-refractivity contribution is -0.0914. The van der Waals surface area contributed by atoms with Crippen molar-refractivity contribution in [1.29, 1.82) is 0 Å². The quantitative estimate of drug-likeness (QED) is 0.306. The van der Waals surface area contributed by atoms with Gasteiger partial charge < -0.3 is 10.1 Å². The van der Waals surface area contributed by atoms with Crippen LogP contribution >= 0.6 is 0 Å². The maximum absolute atomic E-state index is 13.9. The summed E-state index contributed by atoms with van der Waals surface area (Å²) in [6, 6.07) is 12.8. The van der Waals surface area contributed by atoms with Gasteiger partial charge in [0, 0.05) is 6.54 Å². The van der Waals surface area contributed by atoms with E-state index in [1.807, 2.05) is 20.0 Å². The van der Waals surface area contributed by atoms with Crippen LogP contribution in [0, 0.1) is 12.7 Å². The normalized spacial score (nSPS) is 13.4. The molecule has 0 saturated carbocycles. The molecule has 0 heterocycles.